The fourth-order valence-electron chi connectivity index (χ4n) is 3.04. The Kier molecular flexibility index (Phi) is 5.38. The van der Waals surface area contributed by atoms with E-state index in [1.54, 1.807) is 18.5 Å². The van der Waals surface area contributed by atoms with E-state index in [0.717, 1.165) is 24.9 Å². The van der Waals surface area contributed by atoms with Crippen molar-refractivity contribution >= 4 is 11.9 Å². The van der Waals surface area contributed by atoms with Crippen LogP contribution in [0.5, 0.6) is 0 Å². The van der Waals surface area contributed by atoms with Gasteiger partial charge in [0, 0.05) is 25.5 Å². The maximum Gasteiger partial charge on any atom is 0.225 e. The molecule has 1 aliphatic rings. The van der Waals surface area contributed by atoms with Crippen molar-refractivity contribution in [2.24, 2.45) is 5.92 Å². The molecule has 0 spiro atoms. The van der Waals surface area contributed by atoms with Crippen molar-refractivity contribution in [3.63, 3.8) is 0 Å². The molecular formula is C18H22N4O2. The van der Waals surface area contributed by atoms with Crippen molar-refractivity contribution in [3.8, 4) is 0 Å². The van der Waals surface area contributed by atoms with Gasteiger partial charge in [0.25, 0.3) is 0 Å². The molecule has 126 valence electrons. The van der Waals surface area contributed by atoms with Gasteiger partial charge in [-0.3, -0.25) is 4.79 Å². The van der Waals surface area contributed by atoms with Crippen molar-refractivity contribution in [1.29, 1.82) is 0 Å². The van der Waals surface area contributed by atoms with E-state index in [2.05, 4.69) is 15.3 Å². The Balaban J connectivity index is 1.64. The third-order valence-corrected chi connectivity index (χ3v) is 4.33. The molecule has 0 bridgehead atoms. The molecule has 2 heterocycles. The van der Waals surface area contributed by atoms with Gasteiger partial charge < -0.3 is 15.3 Å². The molecule has 2 atom stereocenters. The monoisotopic (exact) mass is 326 g/mol. The number of carbonyl (C=O) groups excluding carboxylic acids is 1. The summed E-state index contributed by atoms with van der Waals surface area (Å²) in [4.78, 5) is 23.2. The summed E-state index contributed by atoms with van der Waals surface area (Å²) in [7, 11) is 0. The molecule has 24 heavy (non-hydrogen) atoms. The van der Waals surface area contributed by atoms with Crippen LogP contribution >= 0.6 is 0 Å². The summed E-state index contributed by atoms with van der Waals surface area (Å²) in [5.74, 6) is 0.510. The second kappa shape index (κ2) is 7.88. The van der Waals surface area contributed by atoms with E-state index in [-0.39, 0.29) is 24.5 Å². The van der Waals surface area contributed by atoms with Gasteiger partial charge in [0.15, 0.2) is 0 Å². The highest BCUT2D eigenvalue weighted by Gasteiger charge is 2.28. The Hall–Kier alpha value is -2.47. The molecule has 1 aromatic carbocycles. The van der Waals surface area contributed by atoms with Crippen LogP contribution in [-0.4, -0.2) is 40.7 Å². The van der Waals surface area contributed by atoms with Crippen molar-refractivity contribution < 1.29 is 9.90 Å². The first-order chi connectivity index (χ1) is 11.8. The van der Waals surface area contributed by atoms with Gasteiger partial charge in [-0.25, -0.2) is 9.97 Å². The summed E-state index contributed by atoms with van der Waals surface area (Å²) < 4.78 is 0. The first kappa shape index (κ1) is 16.4. The summed E-state index contributed by atoms with van der Waals surface area (Å²) in [6.07, 6.45) is 5.18. The molecule has 1 saturated heterocycles. The van der Waals surface area contributed by atoms with Crippen molar-refractivity contribution in [2.75, 3.05) is 24.6 Å². The van der Waals surface area contributed by atoms with E-state index in [4.69, 9.17) is 0 Å². The average molecular weight is 326 g/mol. The Morgan fingerprint density at radius 2 is 2.00 bits per heavy atom. The van der Waals surface area contributed by atoms with Crippen LogP contribution in [0.25, 0.3) is 0 Å². The Bertz CT molecular complexity index is 651. The third-order valence-electron chi connectivity index (χ3n) is 4.33. The SMILES string of the molecule is O=C(N[C@H](CO)c1ccccc1)[C@@H]1CCCN(c2ncccn2)C1. The molecule has 6 heteroatoms. The van der Waals surface area contributed by atoms with Crippen molar-refractivity contribution in [3.05, 3.63) is 54.4 Å². The molecule has 0 unspecified atom stereocenters. The van der Waals surface area contributed by atoms with E-state index >= 15 is 0 Å². The van der Waals surface area contributed by atoms with E-state index in [9.17, 15) is 9.90 Å². The average Bonchev–Trinajstić information content (AvgIpc) is 2.67. The van der Waals surface area contributed by atoms with Gasteiger partial charge in [-0.05, 0) is 24.5 Å². The van der Waals surface area contributed by atoms with Crippen LogP contribution < -0.4 is 10.2 Å². The fraction of sp³-hybridized carbons (Fsp3) is 0.389. The molecule has 0 saturated carbocycles. The maximum atomic E-state index is 12.6. The number of benzene rings is 1. The normalized spacial score (nSPS) is 18.9. The predicted octanol–water partition coefficient (Wildman–Crippen LogP) is 1.54. The number of aromatic nitrogens is 2. The van der Waals surface area contributed by atoms with Gasteiger partial charge >= 0.3 is 0 Å². The molecule has 2 aromatic rings. The number of rotatable bonds is 5. The molecular weight excluding hydrogens is 304 g/mol. The number of nitrogens with zero attached hydrogens (tertiary/aromatic N) is 3. The number of anilines is 1. The van der Waals surface area contributed by atoms with Gasteiger partial charge in [0.1, 0.15) is 0 Å². The van der Waals surface area contributed by atoms with Crippen LogP contribution in [0.1, 0.15) is 24.4 Å². The third kappa shape index (κ3) is 3.89. The topological polar surface area (TPSA) is 78.4 Å². The molecule has 1 amide bonds. The minimum atomic E-state index is -0.373. The number of hydrogen-bond donors (Lipinski definition) is 2. The van der Waals surface area contributed by atoms with E-state index in [1.807, 2.05) is 35.2 Å². The minimum absolute atomic E-state index is 0.0291. The number of carbonyl (C=O) groups is 1. The van der Waals surface area contributed by atoms with Crippen LogP contribution in [0.15, 0.2) is 48.8 Å². The number of piperidine rings is 1. The zero-order chi connectivity index (χ0) is 16.8. The largest absolute Gasteiger partial charge is 0.394 e. The standard InChI is InChI=1S/C18H22N4O2/c23-13-16(14-6-2-1-3-7-14)21-17(24)15-8-4-11-22(12-15)18-19-9-5-10-20-18/h1-3,5-7,9-10,15-16,23H,4,8,11-13H2,(H,21,24)/t15-,16-/m1/s1. The smallest absolute Gasteiger partial charge is 0.225 e. The lowest BCUT2D eigenvalue weighted by Gasteiger charge is -2.32. The lowest BCUT2D eigenvalue weighted by atomic mass is 9.96. The zero-order valence-electron chi connectivity index (χ0n) is 13.5. The Morgan fingerprint density at radius 3 is 2.71 bits per heavy atom. The van der Waals surface area contributed by atoms with Gasteiger partial charge in [0.05, 0.1) is 18.6 Å². The van der Waals surface area contributed by atoms with Crippen LogP contribution in [0.3, 0.4) is 0 Å². The first-order valence-corrected chi connectivity index (χ1v) is 8.26. The maximum absolute atomic E-state index is 12.6. The highest BCUT2D eigenvalue weighted by atomic mass is 16.3. The van der Waals surface area contributed by atoms with Gasteiger partial charge in [-0.1, -0.05) is 30.3 Å². The molecule has 1 aliphatic heterocycles. The molecule has 1 aromatic heterocycles. The number of amides is 1. The number of nitrogens with one attached hydrogen (secondary N) is 1. The predicted molar refractivity (Wildman–Crippen MR) is 91.4 cm³/mol. The van der Waals surface area contributed by atoms with E-state index in [1.165, 1.54) is 0 Å². The van der Waals surface area contributed by atoms with Gasteiger partial charge in [0.2, 0.25) is 11.9 Å². The molecule has 0 radical (unpaired) electrons. The van der Waals surface area contributed by atoms with Gasteiger partial charge in [-0.15, -0.1) is 0 Å². The quantitative estimate of drug-likeness (QED) is 0.871. The summed E-state index contributed by atoms with van der Waals surface area (Å²) in [5, 5.41) is 12.6. The number of hydrogen-bond acceptors (Lipinski definition) is 5. The van der Waals surface area contributed by atoms with Crippen molar-refractivity contribution in [1.82, 2.24) is 15.3 Å². The van der Waals surface area contributed by atoms with Gasteiger partial charge in [-0.2, -0.15) is 0 Å². The molecule has 0 aliphatic carbocycles. The molecule has 2 N–H and O–H groups in total. The summed E-state index contributed by atoms with van der Waals surface area (Å²) >= 11 is 0. The van der Waals surface area contributed by atoms with Crippen molar-refractivity contribution in [2.45, 2.75) is 18.9 Å². The van der Waals surface area contributed by atoms with Crippen LogP contribution in [-0.2, 0) is 4.79 Å². The minimum Gasteiger partial charge on any atom is -0.394 e. The molecule has 6 nitrogen and oxygen atoms in total. The Labute approximate surface area is 141 Å². The Morgan fingerprint density at radius 1 is 1.25 bits per heavy atom. The summed E-state index contributed by atoms with van der Waals surface area (Å²) in [5.41, 5.74) is 0.910. The molecule has 1 fully saturated rings. The van der Waals surface area contributed by atoms with E-state index < -0.39 is 0 Å². The summed E-state index contributed by atoms with van der Waals surface area (Å²) in [6.45, 7) is 1.34. The second-order valence-corrected chi connectivity index (χ2v) is 5.99. The number of aliphatic hydroxyl groups is 1. The highest BCUT2D eigenvalue weighted by molar-refractivity contribution is 5.80. The highest BCUT2D eigenvalue weighted by Crippen LogP contribution is 2.21. The second-order valence-electron chi connectivity index (χ2n) is 5.99. The lowest BCUT2D eigenvalue weighted by molar-refractivity contribution is -0.126. The van der Waals surface area contributed by atoms with Crippen LogP contribution in [0.4, 0.5) is 5.95 Å². The van der Waals surface area contributed by atoms with Crippen LogP contribution in [0.2, 0.25) is 0 Å². The first-order valence-electron chi connectivity index (χ1n) is 8.26. The zero-order valence-corrected chi connectivity index (χ0v) is 13.5. The summed E-state index contributed by atoms with van der Waals surface area (Å²) in [6, 6.07) is 10.9. The lowest BCUT2D eigenvalue weighted by Crippen LogP contribution is -2.45. The number of aliphatic hydroxyl groups excluding tert-OH is 1. The fourth-order valence-corrected chi connectivity index (χ4v) is 3.04. The van der Waals surface area contributed by atoms with E-state index in [0.29, 0.717) is 12.5 Å². The molecule has 3 rings (SSSR count). The van der Waals surface area contributed by atoms with Crippen LogP contribution in [0, 0.1) is 5.92 Å².